The van der Waals surface area contributed by atoms with Gasteiger partial charge in [-0.05, 0) is 32.0 Å². The molecule has 0 bridgehead atoms. The number of phenolic OH excluding ortho intramolecular Hbond substituents is 1. The minimum Gasteiger partial charge on any atom is -0.506 e. The zero-order valence-corrected chi connectivity index (χ0v) is 10.0. The van der Waals surface area contributed by atoms with Crippen molar-refractivity contribution in [3.8, 4) is 5.75 Å². The van der Waals surface area contributed by atoms with Crippen LogP contribution in [0.3, 0.4) is 0 Å². The van der Waals surface area contributed by atoms with Gasteiger partial charge in [-0.2, -0.15) is 0 Å². The number of aromatic hydroxyl groups is 1. The first-order chi connectivity index (χ1) is 8.49. The molecule has 1 amide bonds. The van der Waals surface area contributed by atoms with Gasteiger partial charge in [0, 0.05) is 11.1 Å². The van der Waals surface area contributed by atoms with Gasteiger partial charge in [0.05, 0.1) is 11.4 Å². The lowest BCUT2D eigenvalue weighted by Gasteiger charge is -2.04. The standard InChI is InChI=1S/C12H13N3O3/c1-6-7(2)15-18-12(6)14-11(17)8-3-4-9(13)10(16)5-8/h3-5,16H,13H2,1-2H3,(H,14,17). The van der Waals surface area contributed by atoms with Gasteiger partial charge in [0.25, 0.3) is 5.91 Å². The first-order valence-corrected chi connectivity index (χ1v) is 5.31. The van der Waals surface area contributed by atoms with Crippen LogP contribution in [-0.2, 0) is 0 Å². The van der Waals surface area contributed by atoms with Crippen molar-refractivity contribution in [3.05, 3.63) is 35.0 Å². The quantitative estimate of drug-likeness (QED) is 0.555. The van der Waals surface area contributed by atoms with Crippen molar-refractivity contribution in [1.29, 1.82) is 0 Å². The van der Waals surface area contributed by atoms with E-state index >= 15 is 0 Å². The summed E-state index contributed by atoms with van der Waals surface area (Å²) in [5.74, 6) is -0.230. The summed E-state index contributed by atoms with van der Waals surface area (Å²) in [4.78, 5) is 11.9. The monoisotopic (exact) mass is 247 g/mol. The Kier molecular flexibility index (Phi) is 2.93. The summed E-state index contributed by atoms with van der Waals surface area (Å²) >= 11 is 0. The highest BCUT2D eigenvalue weighted by Crippen LogP contribution is 2.22. The number of nitrogen functional groups attached to an aromatic ring is 1. The SMILES string of the molecule is Cc1noc(NC(=O)c2ccc(N)c(O)c2)c1C. The molecule has 1 heterocycles. The molecule has 1 aromatic heterocycles. The van der Waals surface area contributed by atoms with Gasteiger partial charge in [-0.1, -0.05) is 5.16 Å². The number of nitrogens with one attached hydrogen (secondary N) is 1. The Morgan fingerprint density at radius 2 is 2.17 bits per heavy atom. The lowest BCUT2D eigenvalue weighted by Crippen LogP contribution is -2.12. The number of carbonyl (C=O) groups excluding carboxylic acids is 1. The highest BCUT2D eigenvalue weighted by molar-refractivity contribution is 6.04. The number of aryl methyl sites for hydroxylation is 1. The van der Waals surface area contributed by atoms with Gasteiger partial charge in [-0.25, -0.2) is 0 Å². The van der Waals surface area contributed by atoms with Crippen LogP contribution >= 0.6 is 0 Å². The molecule has 0 atom stereocenters. The highest BCUT2D eigenvalue weighted by Gasteiger charge is 2.14. The van der Waals surface area contributed by atoms with Crippen molar-refractivity contribution in [1.82, 2.24) is 5.16 Å². The average molecular weight is 247 g/mol. The van der Waals surface area contributed by atoms with Crippen LogP contribution in [0, 0.1) is 13.8 Å². The van der Waals surface area contributed by atoms with E-state index in [1.807, 2.05) is 0 Å². The van der Waals surface area contributed by atoms with Gasteiger partial charge in [-0.15, -0.1) is 0 Å². The lowest BCUT2D eigenvalue weighted by atomic mass is 10.1. The lowest BCUT2D eigenvalue weighted by molar-refractivity contribution is 0.102. The second-order valence-electron chi connectivity index (χ2n) is 3.95. The number of nitrogens with two attached hydrogens (primary N) is 1. The van der Waals surface area contributed by atoms with Crippen molar-refractivity contribution in [2.75, 3.05) is 11.1 Å². The molecule has 0 aliphatic rings. The molecule has 2 rings (SSSR count). The summed E-state index contributed by atoms with van der Waals surface area (Å²) in [6.07, 6.45) is 0. The predicted octanol–water partition coefficient (Wildman–Crippen LogP) is 1.83. The van der Waals surface area contributed by atoms with E-state index in [4.69, 9.17) is 10.3 Å². The number of nitrogens with zero attached hydrogens (tertiary/aromatic N) is 1. The molecule has 0 saturated heterocycles. The van der Waals surface area contributed by atoms with E-state index in [9.17, 15) is 9.90 Å². The number of phenols is 1. The summed E-state index contributed by atoms with van der Waals surface area (Å²) in [5.41, 5.74) is 7.45. The Hall–Kier alpha value is -2.50. The molecule has 0 aliphatic heterocycles. The van der Waals surface area contributed by atoms with Crippen LogP contribution in [0.1, 0.15) is 21.6 Å². The van der Waals surface area contributed by atoms with E-state index in [2.05, 4.69) is 10.5 Å². The molecule has 6 nitrogen and oxygen atoms in total. The van der Waals surface area contributed by atoms with Crippen molar-refractivity contribution in [2.24, 2.45) is 0 Å². The fraction of sp³-hybridized carbons (Fsp3) is 0.167. The van der Waals surface area contributed by atoms with Crippen LogP contribution in [0.2, 0.25) is 0 Å². The number of amides is 1. The maximum absolute atomic E-state index is 11.9. The predicted molar refractivity (Wildman–Crippen MR) is 66.4 cm³/mol. The number of hydrogen-bond acceptors (Lipinski definition) is 5. The van der Waals surface area contributed by atoms with Gasteiger partial charge in [0.15, 0.2) is 0 Å². The number of carbonyl (C=O) groups is 1. The van der Waals surface area contributed by atoms with Crippen LogP contribution < -0.4 is 11.1 Å². The normalized spacial score (nSPS) is 10.3. The molecule has 0 fully saturated rings. The van der Waals surface area contributed by atoms with E-state index < -0.39 is 5.91 Å². The molecule has 6 heteroatoms. The molecule has 0 saturated carbocycles. The molecule has 94 valence electrons. The molecule has 0 aliphatic carbocycles. The first kappa shape index (κ1) is 12.0. The Morgan fingerprint density at radius 3 is 2.72 bits per heavy atom. The molecule has 18 heavy (non-hydrogen) atoms. The molecule has 0 radical (unpaired) electrons. The summed E-state index contributed by atoms with van der Waals surface area (Å²) in [5, 5.41) is 15.7. The Morgan fingerprint density at radius 1 is 1.44 bits per heavy atom. The molecular formula is C12H13N3O3. The van der Waals surface area contributed by atoms with Crippen LogP contribution in [0.25, 0.3) is 0 Å². The largest absolute Gasteiger partial charge is 0.506 e. The Labute approximate surface area is 103 Å². The fourth-order valence-electron chi connectivity index (χ4n) is 1.39. The van der Waals surface area contributed by atoms with Crippen LogP contribution in [-0.4, -0.2) is 16.2 Å². The second kappa shape index (κ2) is 4.40. The third kappa shape index (κ3) is 2.13. The molecule has 4 N–H and O–H groups in total. The number of aromatic nitrogens is 1. The van der Waals surface area contributed by atoms with Crippen LogP contribution in [0.4, 0.5) is 11.6 Å². The summed E-state index contributed by atoms with van der Waals surface area (Å²) in [7, 11) is 0. The number of benzene rings is 1. The molecule has 2 aromatic rings. The molecule has 0 spiro atoms. The average Bonchev–Trinajstić information content (AvgIpc) is 2.64. The van der Waals surface area contributed by atoms with Gasteiger partial charge in [0.1, 0.15) is 5.75 Å². The van der Waals surface area contributed by atoms with E-state index in [1.54, 1.807) is 13.8 Å². The zero-order valence-electron chi connectivity index (χ0n) is 10.0. The third-order valence-electron chi connectivity index (χ3n) is 2.68. The third-order valence-corrected chi connectivity index (χ3v) is 2.68. The van der Waals surface area contributed by atoms with Gasteiger partial charge in [-0.3, -0.25) is 10.1 Å². The summed E-state index contributed by atoms with van der Waals surface area (Å²) in [6.45, 7) is 3.57. The van der Waals surface area contributed by atoms with Gasteiger partial charge < -0.3 is 15.4 Å². The first-order valence-electron chi connectivity index (χ1n) is 5.31. The highest BCUT2D eigenvalue weighted by atomic mass is 16.5. The zero-order chi connectivity index (χ0) is 13.3. The van der Waals surface area contributed by atoms with Gasteiger partial charge in [0.2, 0.25) is 5.88 Å². The van der Waals surface area contributed by atoms with E-state index in [0.29, 0.717) is 11.6 Å². The van der Waals surface area contributed by atoms with Crippen molar-refractivity contribution >= 4 is 17.5 Å². The van der Waals surface area contributed by atoms with E-state index in [1.165, 1.54) is 18.2 Å². The maximum atomic E-state index is 11.9. The molecule has 1 aromatic carbocycles. The van der Waals surface area contributed by atoms with Crippen molar-refractivity contribution in [3.63, 3.8) is 0 Å². The maximum Gasteiger partial charge on any atom is 0.258 e. The summed E-state index contributed by atoms with van der Waals surface area (Å²) < 4.78 is 4.97. The minimum atomic E-state index is -0.399. The van der Waals surface area contributed by atoms with E-state index in [-0.39, 0.29) is 17.0 Å². The smallest absolute Gasteiger partial charge is 0.258 e. The van der Waals surface area contributed by atoms with Crippen molar-refractivity contribution < 1.29 is 14.4 Å². The topological polar surface area (TPSA) is 101 Å². The van der Waals surface area contributed by atoms with Gasteiger partial charge >= 0.3 is 0 Å². The van der Waals surface area contributed by atoms with E-state index in [0.717, 1.165) is 5.56 Å². The Bertz CT molecular complexity index is 605. The minimum absolute atomic E-state index is 0.131. The number of hydrogen-bond donors (Lipinski definition) is 3. The van der Waals surface area contributed by atoms with Crippen molar-refractivity contribution in [2.45, 2.75) is 13.8 Å². The number of anilines is 2. The molecular weight excluding hydrogens is 234 g/mol. The van der Waals surface area contributed by atoms with Crippen LogP contribution in [0.15, 0.2) is 22.7 Å². The van der Waals surface area contributed by atoms with Crippen LogP contribution in [0.5, 0.6) is 5.75 Å². The second-order valence-corrected chi connectivity index (χ2v) is 3.95. The number of rotatable bonds is 2. The Balaban J connectivity index is 2.22. The fourth-order valence-corrected chi connectivity index (χ4v) is 1.39. The molecule has 0 unspecified atom stereocenters. The summed E-state index contributed by atoms with van der Waals surface area (Å²) in [6, 6.07) is 4.27.